The van der Waals surface area contributed by atoms with Gasteiger partial charge in [-0.3, -0.25) is 14.4 Å². The lowest BCUT2D eigenvalue weighted by molar-refractivity contribution is -0.136. The molecule has 0 aliphatic carbocycles. The summed E-state index contributed by atoms with van der Waals surface area (Å²) >= 11 is 5.93. The molecule has 210 valence electrons. The lowest BCUT2D eigenvalue weighted by Crippen LogP contribution is -2.47. The molecule has 1 aromatic carbocycles. The zero-order valence-electron chi connectivity index (χ0n) is 22.9. The summed E-state index contributed by atoms with van der Waals surface area (Å²) in [5, 5.41) is 8.95. The van der Waals surface area contributed by atoms with E-state index in [0.717, 1.165) is 12.0 Å². The first-order valence-electron chi connectivity index (χ1n) is 13.4. The van der Waals surface area contributed by atoms with Crippen molar-refractivity contribution in [1.82, 2.24) is 19.7 Å². The highest BCUT2D eigenvalue weighted by atomic mass is 35.5. The molecule has 0 bridgehead atoms. The second kappa shape index (κ2) is 12.6. The smallest absolute Gasteiger partial charge is 0.255 e. The molecule has 1 aromatic heterocycles. The number of carbonyl (C=O) groups is 3. The first-order valence-corrected chi connectivity index (χ1v) is 13.8. The minimum Gasteiger partial charge on any atom is -0.340 e. The number of nitriles is 1. The highest BCUT2D eigenvalue weighted by Gasteiger charge is 2.43. The van der Waals surface area contributed by atoms with E-state index < -0.39 is 5.82 Å². The van der Waals surface area contributed by atoms with Crippen molar-refractivity contribution in [3.63, 3.8) is 0 Å². The fourth-order valence-corrected chi connectivity index (χ4v) is 5.75. The molecule has 0 spiro atoms. The Morgan fingerprint density at radius 2 is 1.93 bits per heavy atom. The first kappa shape index (κ1) is 29.2. The van der Waals surface area contributed by atoms with Gasteiger partial charge >= 0.3 is 0 Å². The number of halogens is 2. The molecule has 3 atom stereocenters. The van der Waals surface area contributed by atoms with Gasteiger partial charge in [-0.2, -0.15) is 5.26 Å². The lowest BCUT2D eigenvalue weighted by Gasteiger charge is -2.35. The summed E-state index contributed by atoms with van der Waals surface area (Å²) in [6.07, 6.45) is 5.20. The van der Waals surface area contributed by atoms with Crippen LogP contribution in [0.1, 0.15) is 61.1 Å². The minimum absolute atomic E-state index is 0.0182. The number of aromatic nitrogens is 1. The van der Waals surface area contributed by atoms with E-state index in [0.29, 0.717) is 50.1 Å². The maximum Gasteiger partial charge on any atom is 0.255 e. The first-order chi connectivity index (χ1) is 19.2. The molecule has 40 heavy (non-hydrogen) atoms. The van der Waals surface area contributed by atoms with Gasteiger partial charge < -0.3 is 14.7 Å². The summed E-state index contributed by atoms with van der Waals surface area (Å²) in [7, 11) is 0. The Bertz CT molecular complexity index is 1330. The van der Waals surface area contributed by atoms with Gasteiger partial charge in [-0.05, 0) is 63.4 Å². The predicted molar refractivity (Wildman–Crippen MR) is 149 cm³/mol. The van der Waals surface area contributed by atoms with Crippen LogP contribution >= 0.6 is 11.6 Å². The largest absolute Gasteiger partial charge is 0.340 e. The van der Waals surface area contributed by atoms with Crippen molar-refractivity contribution in [2.24, 2.45) is 5.92 Å². The van der Waals surface area contributed by atoms with Gasteiger partial charge in [0.25, 0.3) is 5.91 Å². The Hall–Kier alpha value is -3.77. The Morgan fingerprint density at radius 1 is 1.20 bits per heavy atom. The molecule has 3 amide bonds. The molecular formula is C30H33ClFN5O3. The van der Waals surface area contributed by atoms with Crippen LogP contribution in [0.3, 0.4) is 0 Å². The number of hydrogen-bond acceptors (Lipinski definition) is 5. The third-order valence-electron chi connectivity index (χ3n) is 8.30. The molecule has 2 aliphatic heterocycles. The van der Waals surface area contributed by atoms with Crippen LogP contribution < -0.4 is 0 Å². The lowest BCUT2D eigenvalue weighted by atomic mass is 9.92. The van der Waals surface area contributed by atoms with Gasteiger partial charge in [-0.25, -0.2) is 9.37 Å². The summed E-state index contributed by atoms with van der Waals surface area (Å²) in [6, 6.07) is 9.18. The molecule has 8 nitrogen and oxygen atoms in total. The van der Waals surface area contributed by atoms with Crippen LogP contribution in [0.5, 0.6) is 0 Å². The third-order valence-corrected chi connectivity index (χ3v) is 8.60. The SMILES string of the molecule is CC=C(C)C(C)N(C=O)C1CN(C(=O)C2CCN(C(=O)c3ccc(C#N)nc3)CC2)CC1c1ccc(Cl)c(F)c1. The second-order valence-corrected chi connectivity index (χ2v) is 10.9. The average molecular weight is 566 g/mol. The van der Waals surface area contributed by atoms with Crippen LogP contribution in [0.25, 0.3) is 0 Å². The van der Waals surface area contributed by atoms with E-state index in [9.17, 15) is 18.8 Å². The number of benzene rings is 1. The van der Waals surface area contributed by atoms with Crippen molar-refractivity contribution >= 4 is 29.8 Å². The molecule has 2 saturated heterocycles. The normalized spacial score (nSPS) is 20.6. The summed E-state index contributed by atoms with van der Waals surface area (Å²) in [6.45, 7) is 7.37. The van der Waals surface area contributed by atoms with Crippen molar-refractivity contribution in [3.05, 3.63) is 75.8 Å². The zero-order valence-corrected chi connectivity index (χ0v) is 23.6. The summed E-state index contributed by atoms with van der Waals surface area (Å²) in [5.41, 5.74) is 2.36. The van der Waals surface area contributed by atoms with Crippen LogP contribution in [0.4, 0.5) is 4.39 Å². The summed E-state index contributed by atoms with van der Waals surface area (Å²) in [5.74, 6) is -1.27. The molecule has 0 N–H and O–H groups in total. The van der Waals surface area contributed by atoms with E-state index >= 15 is 0 Å². The number of hydrogen-bond donors (Lipinski definition) is 0. The molecule has 0 saturated carbocycles. The predicted octanol–water partition coefficient (Wildman–Crippen LogP) is 4.41. The van der Waals surface area contributed by atoms with Gasteiger partial charge in [0.05, 0.1) is 16.6 Å². The molecule has 2 fully saturated rings. The maximum atomic E-state index is 14.4. The van der Waals surface area contributed by atoms with Gasteiger partial charge in [0.15, 0.2) is 0 Å². The summed E-state index contributed by atoms with van der Waals surface area (Å²) in [4.78, 5) is 48.1. The molecule has 2 aromatic rings. The number of carbonyl (C=O) groups excluding carboxylic acids is 3. The van der Waals surface area contributed by atoms with E-state index in [1.54, 1.807) is 26.8 Å². The molecule has 10 heteroatoms. The van der Waals surface area contributed by atoms with Crippen LogP contribution in [0.15, 0.2) is 48.2 Å². The monoisotopic (exact) mass is 565 g/mol. The Morgan fingerprint density at radius 3 is 2.50 bits per heavy atom. The molecule has 3 unspecified atom stereocenters. The van der Waals surface area contributed by atoms with E-state index in [4.69, 9.17) is 16.9 Å². The van der Waals surface area contributed by atoms with Crippen molar-refractivity contribution in [2.75, 3.05) is 26.2 Å². The van der Waals surface area contributed by atoms with Crippen LogP contribution in [0, 0.1) is 23.1 Å². The third kappa shape index (κ3) is 6.02. The quantitative estimate of drug-likeness (QED) is 0.366. The summed E-state index contributed by atoms with van der Waals surface area (Å²) < 4.78 is 14.4. The van der Waals surface area contributed by atoms with Gasteiger partial charge in [0.1, 0.15) is 17.6 Å². The van der Waals surface area contributed by atoms with Crippen LogP contribution in [-0.4, -0.2) is 76.2 Å². The topological polar surface area (TPSA) is 97.6 Å². The van der Waals surface area contributed by atoms with Crippen molar-refractivity contribution in [3.8, 4) is 6.07 Å². The van der Waals surface area contributed by atoms with Crippen molar-refractivity contribution < 1.29 is 18.8 Å². The second-order valence-electron chi connectivity index (χ2n) is 10.5. The molecule has 0 radical (unpaired) electrons. The van der Waals surface area contributed by atoms with Gasteiger partial charge in [0, 0.05) is 50.3 Å². The number of nitrogens with zero attached hydrogens (tertiary/aromatic N) is 5. The number of rotatable bonds is 7. The van der Waals surface area contributed by atoms with Gasteiger partial charge in [0.2, 0.25) is 12.3 Å². The van der Waals surface area contributed by atoms with E-state index in [1.165, 1.54) is 24.4 Å². The fraction of sp³-hybridized carbons (Fsp3) is 0.433. The number of amides is 3. The average Bonchev–Trinajstić information content (AvgIpc) is 3.42. The number of likely N-dealkylation sites (tertiary alicyclic amines) is 2. The maximum absolute atomic E-state index is 14.4. The van der Waals surface area contributed by atoms with E-state index in [-0.39, 0.29) is 46.5 Å². The fourth-order valence-electron chi connectivity index (χ4n) is 5.63. The number of allylic oxidation sites excluding steroid dienone is 1. The molecule has 3 heterocycles. The van der Waals surface area contributed by atoms with Crippen LogP contribution in [0.2, 0.25) is 5.02 Å². The zero-order chi connectivity index (χ0) is 29.0. The Kier molecular flexibility index (Phi) is 9.21. The number of pyridine rings is 1. The van der Waals surface area contributed by atoms with Crippen molar-refractivity contribution in [2.45, 2.75) is 51.6 Å². The number of piperidine rings is 1. The van der Waals surface area contributed by atoms with E-state index in [2.05, 4.69) is 4.98 Å². The molecule has 4 rings (SSSR count). The Balaban J connectivity index is 1.49. The van der Waals surface area contributed by atoms with Gasteiger partial charge in [-0.1, -0.05) is 29.3 Å². The molecule has 2 aliphatic rings. The van der Waals surface area contributed by atoms with Crippen molar-refractivity contribution in [1.29, 1.82) is 5.26 Å². The Labute approximate surface area is 239 Å². The van der Waals surface area contributed by atoms with Gasteiger partial charge in [-0.15, -0.1) is 0 Å². The highest BCUT2D eigenvalue weighted by Crippen LogP contribution is 2.35. The standard InChI is InChI=1S/C30H33ClFN5O3/c1-4-19(2)20(3)37(18-38)28-17-36(16-25(28)22-6-8-26(31)27(32)13-22)29(39)21-9-11-35(12-10-21)30(40)23-5-7-24(14-33)34-15-23/h4-8,13,15,18,20-21,25,28H,9-12,16-17H2,1-3H3. The highest BCUT2D eigenvalue weighted by molar-refractivity contribution is 6.30. The van der Waals surface area contributed by atoms with E-state index in [1.807, 2.05) is 32.9 Å². The molecular weight excluding hydrogens is 533 g/mol. The van der Waals surface area contributed by atoms with Crippen LogP contribution in [-0.2, 0) is 9.59 Å². The minimum atomic E-state index is -0.535.